The zero-order valence-corrected chi connectivity index (χ0v) is 9.01. The van der Waals surface area contributed by atoms with E-state index in [1.165, 1.54) is 0 Å². The van der Waals surface area contributed by atoms with Gasteiger partial charge in [0.2, 0.25) is 0 Å². The van der Waals surface area contributed by atoms with Gasteiger partial charge in [0, 0.05) is 11.8 Å². The summed E-state index contributed by atoms with van der Waals surface area (Å²) < 4.78 is 6.78. The van der Waals surface area contributed by atoms with Gasteiger partial charge in [-0.25, -0.2) is 9.97 Å². The van der Waals surface area contributed by atoms with Crippen molar-refractivity contribution in [2.75, 3.05) is 0 Å². The van der Waals surface area contributed by atoms with Crippen LogP contribution in [0.5, 0.6) is 0 Å². The van der Waals surface area contributed by atoms with E-state index < -0.39 is 0 Å². The summed E-state index contributed by atoms with van der Waals surface area (Å²) in [6, 6.07) is 3.76. The van der Waals surface area contributed by atoms with Crippen molar-refractivity contribution in [2.45, 2.75) is 13.8 Å². The molecule has 0 N–H and O–H groups in total. The molecule has 3 rings (SSSR count). The average molecular weight is 214 g/mol. The molecular formula is C11H10N4O. The van der Waals surface area contributed by atoms with Crippen LogP contribution in [-0.4, -0.2) is 19.5 Å². The molecule has 0 aliphatic carbocycles. The molecule has 5 heteroatoms. The lowest BCUT2D eigenvalue weighted by molar-refractivity contribution is 0.422. The third-order valence-corrected chi connectivity index (χ3v) is 2.57. The molecule has 0 unspecified atom stereocenters. The van der Waals surface area contributed by atoms with Gasteiger partial charge in [-0.3, -0.25) is 4.40 Å². The largest absolute Gasteiger partial charge is 0.364 e. The first-order valence-electron chi connectivity index (χ1n) is 4.98. The number of hydrogen-bond acceptors (Lipinski definition) is 4. The molecule has 0 aliphatic heterocycles. The molecule has 0 saturated heterocycles. The van der Waals surface area contributed by atoms with E-state index in [2.05, 4.69) is 15.1 Å². The standard InChI is InChI=1S/C11H10N4O/c1-7-5-10(9-3-4-16-14-9)13-11-8(2)12-6-15(7)11/h3-6H,1-2H3. The van der Waals surface area contributed by atoms with Crippen LogP contribution in [-0.2, 0) is 0 Å². The molecule has 5 nitrogen and oxygen atoms in total. The molecule has 0 fully saturated rings. The van der Waals surface area contributed by atoms with Gasteiger partial charge >= 0.3 is 0 Å². The van der Waals surface area contributed by atoms with E-state index in [4.69, 9.17) is 4.52 Å². The monoisotopic (exact) mass is 214 g/mol. The first-order valence-corrected chi connectivity index (χ1v) is 4.98. The first kappa shape index (κ1) is 9.08. The van der Waals surface area contributed by atoms with Gasteiger partial charge in [-0.15, -0.1) is 0 Å². The quantitative estimate of drug-likeness (QED) is 0.621. The predicted octanol–water partition coefficient (Wildman–Crippen LogP) is 2.00. The fourth-order valence-electron chi connectivity index (χ4n) is 1.71. The Kier molecular flexibility index (Phi) is 1.80. The summed E-state index contributed by atoms with van der Waals surface area (Å²) in [5, 5.41) is 3.88. The molecule has 0 amide bonds. The van der Waals surface area contributed by atoms with Gasteiger partial charge in [0.25, 0.3) is 0 Å². The number of aryl methyl sites for hydroxylation is 2. The van der Waals surface area contributed by atoms with E-state index in [0.29, 0.717) is 0 Å². The van der Waals surface area contributed by atoms with Crippen LogP contribution in [0.2, 0.25) is 0 Å². The van der Waals surface area contributed by atoms with Gasteiger partial charge in [0.05, 0.1) is 11.4 Å². The highest BCUT2D eigenvalue weighted by Gasteiger charge is 2.09. The second kappa shape index (κ2) is 3.16. The highest BCUT2D eigenvalue weighted by Crippen LogP contribution is 2.18. The second-order valence-corrected chi connectivity index (χ2v) is 3.69. The molecule has 0 radical (unpaired) electrons. The number of imidazole rings is 1. The maximum atomic E-state index is 4.82. The molecule has 3 heterocycles. The number of aromatic nitrogens is 4. The van der Waals surface area contributed by atoms with Crippen molar-refractivity contribution in [2.24, 2.45) is 0 Å². The van der Waals surface area contributed by atoms with Crippen LogP contribution in [0.3, 0.4) is 0 Å². The van der Waals surface area contributed by atoms with Gasteiger partial charge in [0.15, 0.2) is 5.65 Å². The minimum Gasteiger partial charge on any atom is -0.364 e. The van der Waals surface area contributed by atoms with Gasteiger partial charge in [0.1, 0.15) is 18.3 Å². The van der Waals surface area contributed by atoms with Gasteiger partial charge in [-0.1, -0.05) is 5.16 Å². The lowest BCUT2D eigenvalue weighted by Crippen LogP contribution is -1.95. The fourth-order valence-corrected chi connectivity index (χ4v) is 1.71. The van der Waals surface area contributed by atoms with E-state index in [0.717, 1.165) is 28.4 Å². The Morgan fingerprint density at radius 1 is 1.25 bits per heavy atom. The maximum Gasteiger partial charge on any atom is 0.160 e. The average Bonchev–Trinajstić information content (AvgIpc) is 2.88. The lowest BCUT2D eigenvalue weighted by Gasteiger charge is -2.02. The minimum absolute atomic E-state index is 0.742. The van der Waals surface area contributed by atoms with Crippen molar-refractivity contribution in [3.8, 4) is 11.4 Å². The summed E-state index contributed by atoms with van der Waals surface area (Å²) in [5.74, 6) is 0. The summed E-state index contributed by atoms with van der Waals surface area (Å²) >= 11 is 0. The molecule has 0 aromatic carbocycles. The summed E-state index contributed by atoms with van der Waals surface area (Å²) in [5.41, 5.74) is 4.39. The highest BCUT2D eigenvalue weighted by molar-refractivity contribution is 5.59. The Morgan fingerprint density at radius 3 is 2.88 bits per heavy atom. The molecule has 0 saturated carbocycles. The Bertz CT molecular complexity index is 639. The third-order valence-electron chi connectivity index (χ3n) is 2.57. The molecule has 16 heavy (non-hydrogen) atoms. The van der Waals surface area contributed by atoms with E-state index in [1.807, 2.05) is 24.3 Å². The third kappa shape index (κ3) is 1.21. The highest BCUT2D eigenvalue weighted by atomic mass is 16.5. The van der Waals surface area contributed by atoms with Crippen LogP contribution in [0.25, 0.3) is 17.0 Å². The molecule has 0 bridgehead atoms. The summed E-state index contributed by atoms with van der Waals surface area (Å²) in [6.07, 6.45) is 3.32. The number of nitrogens with zero attached hydrogens (tertiary/aromatic N) is 4. The van der Waals surface area contributed by atoms with E-state index in [9.17, 15) is 0 Å². The molecule has 0 spiro atoms. The van der Waals surface area contributed by atoms with Crippen molar-refractivity contribution >= 4 is 5.65 Å². The SMILES string of the molecule is Cc1ncn2c(C)cc(-c3ccon3)nc12. The van der Waals surface area contributed by atoms with E-state index in [1.54, 1.807) is 18.7 Å². The summed E-state index contributed by atoms with van der Waals surface area (Å²) in [6.45, 7) is 3.95. The van der Waals surface area contributed by atoms with Gasteiger partial charge < -0.3 is 4.52 Å². The Hall–Kier alpha value is -2.17. The number of rotatable bonds is 1. The van der Waals surface area contributed by atoms with E-state index >= 15 is 0 Å². The molecule has 3 aromatic rings. The predicted molar refractivity (Wildman–Crippen MR) is 58.0 cm³/mol. The van der Waals surface area contributed by atoms with Crippen molar-refractivity contribution in [3.63, 3.8) is 0 Å². The number of fused-ring (bicyclic) bond motifs is 1. The van der Waals surface area contributed by atoms with Crippen molar-refractivity contribution in [1.29, 1.82) is 0 Å². The molecule has 3 aromatic heterocycles. The topological polar surface area (TPSA) is 56.2 Å². The second-order valence-electron chi connectivity index (χ2n) is 3.69. The van der Waals surface area contributed by atoms with Crippen LogP contribution in [0.1, 0.15) is 11.4 Å². The van der Waals surface area contributed by atoms with Gasteiger partial charge in [-0.2, -0.15) is 0 Å². The fraction of sp³-hybridized carbons (Fsp3) is 0.182. The van der Waals surface area contributed by atoms with E-state index in [-0.39, 0.29) is 0 Å². The van der Waals surface area contributed by atoms with Crippen LogP contribution < -0.4 is 0 Å². The normalized spacial score (nSPS) is 11.1. The van der Waals surface area contributed by atoms with Crippen molar-refractivity contribution in [1.82, 2.24) is 19.5 Å². The Balaban J connectivity index is 2.32. The Morgan fingerprint density at radius 2 is 2.12 bits per heavy atom. The summed E-state index contributed by atoms with van der Waals surface area (Å²) in [7, 11) is 0. The van der Waals surface area contributed by atoms with Crippen molar-refractivity contribution < 1.29 is 4.52 Å². The smallest absolute Gasteiger partial charge is 0.160 e. The molecule has 0 atom stereocenters. The van der Waals surface area contributed by atoms with Crippen molar-refractivity contribution in [3.05, 3.63) is 36.1 Å². The molecule has 80 valence electrons. The molecular weight excluding hydrogens is 204 g/mol. The van der Waals surface area contributed by atoms with Crippen LogP contribution in [0.4, 0.5) is 0 Å². The van der Waals surface area contributed by atoms with Crippen LogP contribution >= 0.6 is 0 Å². The Labute approximate surface area is 91.7 Å². The first-order chi connectivity index (χ1) is 7.75. The zero-order chi connectivity index (χ0) is 11.1. The zero-order valence-electron chi connectivity index (χ0n) is 9.01. The maximum absolute atomic E-state index is 4.82. The molecule has 0 aliphatic rings. The van der Waals surface area contributed by atoms with Gasteiger partial charge in [-0.05, 0) is 19.9 Å². The summed E-state index contributed by atoms with van der Waals surface area (Å²) in [4.78, 5) is 8.75. The van der Waals surface area contributed by atoms with Crippen LogP contribution in [0.15, 0.2) is 29.2 Å². The number of hydrogen-bond donors (Lipinski definition) is 0. The minimum atomic E-state index is 0.742. The van der Waals surface area contributed by atoms with Crippen LogP contribution in [0, 0.1) is 13.8 Å². The lowest BCUT2D eigenvalue weighted by atomic mass is 10.2.